The van der Waals surface area contributed by atoms with Crippen LogP contribution in [0.1, 0.15) is 32.1 Å². The van der Waals surface area contributed by atoms with E-state index in [1.165, 1.54) is 0 Å². The molecule has 5 rings (SSSR count). The summed E-state index contributed by atoms with van der Waals surface area (Å²) < 4.78 is 2.07. The van der Waals surface area contributed by atoms with E-state index in [1.807, 2.05) is 30.3 Å². The standard InChI is InChI=1S/C19H21N7O/c20-13-4-6-14(7-5-13)22-18-21-11-12-10-15-24-25-17(27)19(8-2-1-3-9-19)26(15)16(12)23-18/h4-7,10-11,24H,1-3,8-9,20H2,(H,25,27)(H,21,22,23). The summed E-state index contributed by atoms with van der Waals surface area (Å²) in [6.45, 7) is 0. The number of carbonyl (C=O) groups excluding carboxylic acids is 1. The molecule has 3 heterocycles. The minimum Gasteiger partial charge on any atom is -0.399 e. The summed E-state index contributed by atoms with van der Waals surface area (Å²) >= 11 is 0. The van der Waals surface area contributed by atoms with Gasteiger partial charge in [-0.3, -0.25) is 20.2 Å². The second kappa shape index (κ2) is 5.87. The number of nitrogens with zero attached hydrogens (tertiary/aromatic N) is 3. The molecule has 1 amide bonds. The quantitative estimate of drug-likeness (QED) is 0.521. The maximum absolute atomic E-state index is 12.8. The van der Waals surface area contributed by atoms with E-state index >= 15 is 0 Å². The van der Waals surface area contributed by atoms with E-state index in [4.69, 9.17) is 10.7 Å². The van der Waals surface area contributed by atoms with Crippen LogP contribution in [0.5, 0.6) is 0 Å². The average Bonchev–Trinajstić information content (AvgIpc) is 3.06. The van der Waals surface area contributed by atoms with Crippen molar-refractivity contribution in [3.63, 3.8) is 0 Å². The van der Waals surface area contributed by atoms with Gasteiger partial charge in [0.05, 0.1) is 0 Å². The van der Waals surface area contributed by atoms with E-state index in [2.05, 4.69) is 25.7 Å². The zero-order valence-corrected chi connectivity index (χ0v) is 14.8. The molecule has 2 aliphatic rings. The van der Waals surface area contributed by atoms with Crippen LogP contribution in [0.4, 0.5) is 23.1 Å². The van der Waals surface area contributed by atoms with Crippen LogP contribution in [0.2, 0.25) is 0 Å². The number of benzene rings is 1. The van der Waals surface area contributed by atoms with Crippen LogP contribution in [0.25, 0.3) is 11.0 Å². The highest BCUT2D eigenvalue weighted by molar-refractivity contribution is 5.93. The third-order valence-corrected chi connectivity index (χ3v) is 5.54. The predicted octanol–water partition coefficient (Wildman–Crippen LogP) is 2.87. The van der Waals surface area contributed by atoms with Crippen molar-refractivity contribution in [3.8, 4) is 0 Å². The fraction of sp³-hybridized carbons (Fsp3) is 0.316. The van der Waals surface area contributed by atoms with Gasteiger partial charge in [-0.05, 0) is 43.2 Å². The third kappa shape index (κ3) is 2.48. The van der Waals surface area contributed by atoms with E-state index in [1.54, 1.807) is 6.20 Å². The Balaban J connectivity index is 1.61. The topological polar surface area (TPSA) is 110 Å². The number of rotatable bonds is 2. The van der Waals surface area contributed by atoms with Crippen molar-refractivity contribution in [2.24, 2.45) is 0 Å². The van der Waals surface area contributed by atoms with Crippen molar-refractivity contribution in [2.75, 3.05) is 16.5 Å². The van der Waals surface area contributed by atoms with Gasteiger partial charge in [0.15, 0.2) is 0 Å². The summed E-state index contributed by atoms with van der Waals surface area (Å²) in [6, 6.07) is 9.40. The zero-order chi connectivity index (χ0) is 18.4. The first-order valence-electron chi connectivity index (χ1n) is 9.24. The predicted molar refractivity (Wildman–Crippen MR) is 104 cm³/mol. The second-order valence-corrected chi connectivity index (χ2v) is 7.26. The lowest BCUT2D eigenvalue weighted by Crippen LogP contribution is -2.55. The van der Waals surface area contributed by atoms with E-state index < -0.39 is 5.54 Å². The molecular formula is C19H21N7O. The fourth-order valence-corrected chi connectivity index (χ4v) is 4.20. The number of nitrogens with two attached hydrogens (primary N) is 1. The first-order valence-corrected chi connectivity index (χ1v) is 9.24. The molecule has 1 spiro atoms. The maximum Gasteiger partial charge on any atom is 0.264 e. The van der Waals surface area contributed by atoms with Crippen LogP contribution in [0.3, 0.4) is 0 Å². The number of carbonyl (C=O) groups is 1. The van der Waals surface area contributed by atoms with Gasteiger partial charge in [-0.2, -0.15) is 4.98 Å². The molecule has 0 radical (unpaired) electrons. The van der Waals surface area contributed by atoms with Gasteiger partial charge >= 0.3 is 0 Å². The lowest BCUT2D eigenvalue weighted by atomic mass is 9.80. The minimum atomic E-state index is -0.576. The van der Waals surface area contributed by atoms with Crippen LogP contribution < -0.4 is 21.9 Å². The highest BCUT2D eigenvalue weighted by Gasteiger charge is 2.46. The van der Waals surface area contributed by atoms with Gasteiger partial charge in [0, 0.05) is 23.0 Å². The molecule has 8 nitrogen and oxygen atoms in total. The molecular weight excluding hydrogens is 342 g/mol. The smallest absolute Gasteiger partial charge is 0.264 e. The van der Waals surface area contributed by atoms with Gasteiger partial charge in [-0.25, -0.2) is 4.98 Å². The molecule has 27 heavy (non-hydrogen) atoms. The van der Waals surface area contributed by atoms with Crippen LogP contribution in [-0.4, -0.2) is 20.4 Å². The number of aromatic nitrogens is 3. The molecule has 0 unspecified atom stereocenters. The van der Waals surface area contributed by atoms with Crippen molar-refractivity contribution in [1.29, 1.82) is 0 Å². The number of hydrazine groups is 1. The van der Waals surface area contributed by atoms with E-state index in [-0.39, 0.29) is 5.91 Å². The molecule has 0 saturated heterocycles. The summed E-state index contributed by atoms with van der Waals surface area (Å²) in [5.74, 6) is 1.36. The van der Waals surface area contributed by atoms with Crippen molar-refractivity contribution >= 4 is 40.1 Å². The van der Waals surface area contributed by atoms with Crippen molar-refractivity contribution in [2.45, 2.75) is 37.6 Å². The Labute approximate surface area is 156 Å². The highest BCUT2D eigenvalue weighted by atomic mass is 16.2. The van der Waals surface area contributed by atoms with Crippen molar-refractivity contribution in [1.82, 2.24) is 20.0 Å². The molecule has 5 N–H and O–H groups in total. The van der Waals surface area contributed by atoms with E-state index in [9.17, 15) is 4.79 Å². The van der Waals surface area contributed by atoms with Gasteiger partial charge in [0.2, 0.25) is 5.95 Å². The number of hydrogen-bond donors (Lipinski definition) is 4. The summed E-state index contributed by atoms with van der Waals surface area (Å²) in [4.78, 5) is 22.0. The molecule has 2 aromatic heterocycles. The van der Waals surface area contributed by atoms with Crippen molar-refractivity contribution < 1.29 is 4.79 Å². The molecule has 0 atom stereocenters. The third-order valence-electron chi connectivity index (χ3n) is 5.54. The van der Waals surface area contributed by atoms with Crippen molar-refractivity contribution in [3.05, 3.63) is 36.5 Å². The number of nitrogens with one attached hydrogen (secondary N) is 3. The number of hydrogen-bond acceptors (Lipinski definition) is 6. The Morgan fingerprint density at radius 2 is 1.89 bits per heavy atom. The Hall–Kier alpha value is -3.29. The molecule has 1 aliphatic carbocycles. The molecule has 3 aromatic rings. The Kier molecular flexibility index (Phi) is 3.46. The van der Waals surface area contributed by atoms with E-state index in [0.29, 0.717) is 11.6 Å². The number of anilines is 4. The van der Waals surface area contributed by atoms with Crippen LogP contribution in [-0.2, 0) is 10.3 Å². The lowest BCUT2D eigenvalue weighted by molar-refractivity contribution is -0.131. The summed E-state index contributed by atoms with van der Waals surface area (Å²) in [5.41, 5.74) is 13.3. The summed E-state index contributed by atoms with van der Waals surface area (Å²) in [7, 11) is 0. The van der Waals surface area contributed by atoms with E-state index in [0.717, 1.165) is 54.6 Å². The fourth-order valence-electron chi connectivity index (χ4n) is 4.20. The second-order valence-electron chi connectivity index (χ2n) is 7.26. The van der Waals surface area contributed by atoms with Gasteiger partial charge in [0.1, 0.15) is 17.0 Å². The Morgan fingerprint density at radius 1 is 1.11 bits per heavy atom. The summed E-state index contributed by atoms with van der Waals surface area (Å²) in [6.07, 6.45) is 6.66. The van der Waals surface area contributed by atoms with Gasteiger partial charge in [-0.15, -0.1) is 0 Å². The largest absolute Gasteiger partial charge is 0.399 e. The Bertz CT molecular complexity index is 1020. The molecule has 138 valence electrons. The zero-order valence-electron chi connectivity index (χ0n) is 14.8. The van der Waals surface area contributed by atoms with Crippen LogP contribution in [0, 0.1) is 0 Å². The normalized spacial score (nSPS) is 18.0. The highest BCUT2D eigenvalue weighted by Crippen LogP contribution is 2.42. The number of fused-ring (bicyclic) bond motifs is 4. The SMILES string of the molecule is Nc1ccc(Nc2ncc3cc4n(c3n2)C2(CCCCC2)C(=O)NN4)cc1. The monoisotopic (exact) mass is 363 g/mol. The lowest BCUT2D eigenvalue weighted by Gasteiger charge is -2.41. The molecule has 0 bridgehead atoms. The van der Waals surface area contributed by atoms with Crippen LogP contribution in [0.15, 0.2) is 36.5 Å². The van der Waals surface area contributed by atoms with Gasteiger partial charge < -0.3 is 11.1 Å². The molecule has 8 heteroatoms. The summed E-state index contributed by atoms with van der Waals surface area (Å²) in [5, 5.41) is 4.11. The first-order chi connectivity index (χ1) is 13.2. The molecule has 1 fully saturated rings. The van der Waals surface area contributed by atoms with Gasteiger partial charge in [-0.1, -0.05) is 19.3 Å². The van der Waals surface area contributed by atoms with Crippen LogP contribution >= 0.6 is 0 Å². The first kappa shape index (κ1) is 15.9. The maximum atomic E-state index is 12.8. The number of amides is 1. The molecule has 1 aromatic carbocycles. The number of nitrogen functional groups attached to an aromatic ring is 1. The molecule has 1 aliphatic heterocycles. The van der Waals surface area contributed by atoms with Gasteiger partial charge in [0.25, 0.3) is 5.91 Å². The minimum absolute atomic E-state index is 0.0128. The molecule has 1 saturated carbocycles. The average molecular weight is 363 g/mol. The Morgan fingerprint density at radius 3 is 2.67 bits per heavy atom.